The molecule has 2 aromatic carbocycles. The fraction of sp³-hybridized carbons (Fsp3) is 0.217. The number of aromatic nitrogens is 1. The van der Waals surface area contributed by atoms with E-state index in [0.717, 1.165) is 16.8 Å². The van der Waals surface area contributed by atoms with Crippen LogP contribution in [0, 0.1) is 25.2 Å². The zero-order valence-electron chi connectivity index (χ0n) is 17.0. The molecular formula is C23H23N4O2+. The first-order valence-corrected chi connectivity index (χ1v) is 9.23. The summed E-state index contributed by atoms with van der Waals surface area (Å²) < 4.78 is 8.77. The largest absolute Gasteiger partial charge is 0.480 e. The molecule has 0 fully saturated rings. The maximum absolute atomic E-state index is 13.0. The van der Waals surface area contributed by atoms with Crippen molar-refractivity contribution in [3.8, 4) is 11.9 Å². The quantitative estimate of drug-likeness (QED) is 0.480. The predicted octanol–water partition coefficient (Wildman–Crippen LogP) is 4.45. The normalized spacial score (nSPS) is 11.2. The monoisotopic (exact) mass is 387 g/mol. The molecule has 6 nitrogen and oxygen atoms in total. The number of ether oxygens (including phenoxy) is 1. The third-order valence-electron chi connectivity index (χ3n) is 4.78. The van der Waals surface area contributed by atoms with E-state index >= 15 is 0 Å². The summed E-state index contributed by atoms with van der Waals surface area (Å²) in [7, 11) is 3.33. The average Bonchev–Trinajstić information content (AvgIpc) is 2.73. The van der Waals surface area contributed by atoms with E-state index in [2.05, 4.69) is 5.11 Å². The summed E-state index contributed by atoms with van der Waals surface area (Å²) in [4.78, 5) is 13.0. The molecule has 29 heavy (non-hydrogen) atoms. The summed E-state index contributed by atoms with van der Waals surface area (Å²) in [6, 6.07) is 19.5. The third kappa shape index (κ3) is 4.09. The number of methoxy groups -OCH3 is 1. The smallest absolute Gasteiger partial charge is 0.271 e. The van der Waals surface area contributed by atoms with E-state index in [1.165, 1.54) is 11.7 Å². The van der Waals surface area contributed by atoms with E-state index in [0.29, 0.717) is 17.1 Å². The van der Waals surface area contributed by atoms with E-state index in [-0.39, 0.29) is 17.7 Å². The molecule has 0 aliphatic heterocycles. The highest BCUT2D eigenvalue weighted by atomic mass is 16.5. The van der Waals surface area contributed by atoms with Gasteiger partial charge in [0.15, 0.2) is 12.7 Å². The van der Waals surface area contributed by atoms with Crippen molar-refractivity contribution >= 4 is 11.4 Å². The van der Waals surface area contributed by atoms with Crippen molar-refractivity contribution in [1.82, 2.24) is 4.57 Å². The molecule has 0 aliphatic carbocycles. The molecule has 0 atom stereocenters. The molecule has 3 aromatic rings. The van der Waals surface area contributed by atoms with Gasteiger partial charge in [-0.15, -0.1) is 0 Å². The number of benzene rings is 2. The molecule has 1 heterocycles. The van der Waals surface area contributed by atoms with Gasteiger partial charge in [0.1, 0.15) is 11.6 Å². The Morgan fingerprint density at radius 1 is 1.10 bits per heavy atom. The number of nitrogens with zero attached hydrogens (tertiary/aromatic N) is 4. The van der Waals surface area contributed by atoms with E-state index < -0.39 is 0 Å². The standard InChI is InChI=1S/C23H23N4O2/c1-16-10-12-19(13-11-16)26(3)25-21-17(2)20(14-24)22(28)27(23(21)29-4)15-18-8-6-5-7-9-18/h5-13H,15H2,1-4H3/q+1. The molecule has 0 bridgehead atoms. The Morgan fingerprint density at radius 3 is 2.34 bits per heavy atom. The highest BCUT2D eigenvalue weighted by molar-refractivity contribution is 5.59. The van der Waals surface area contributed by atoms with Crippen LogP contribution in [0.15, 0.2) is 64.5 Å². The Labute approximate surface area is 169 Å². The predicted molar refractivity (Wildman–Crippen MR) is 111 cm³/mol. The first kappa shape index (κ1) is 20.0. The number of hydrogen-bond donors (Lipinski definition) is 0. The van der Waals surface area contributed by atoms with Gasteiger partial charge >= 0.3 is 0 Å². The summed E-state index contributed by atoms with van der Waals surface area (Å²) >= 11 is 0. The van der Waals surface area contributed by atoms with Crippen LogP contribution in [0.25, 0.3) is 0 Å². The molecule has 0 radical (unpaired) electrons. The number of rotatable bonds is 5. The van der Waals surface area contributed by atoms with Crippen LogP contribution in [0.1, 0.15) is 22.3 Å². The van der Waals surface area contributed by atoms with Crippen LogP contribution >= 0.6 is 0 Å². The van der Waals surface area contributed by atoms with Crippen LogP contribution in [-0.4, -0.2) is 23.4 Å². The van der Waals surface area contributed by atoms with Crippen molar-refractivity contribution in [2.45, 2.75) is 20.4 Å². The van der Waals surface area contributed by atoms with Crippen LogP contribution in [0.3, 0.4) is 0 Å². The first-order chi connectivity index (χ1) is 14.0. The second kappa shape index (κ2) is 8.53. The van der Waals surface area contributed by atoms with Crippen LogP contribution in [0.2, 0.25) is 0 Å². The van der Waals surface area contributed by atoms with Gasteiger partial charge in [0.25, 0.3) is 5.56 Å². The van der Waals surface area contributed by atoms with Crippen molar-refractivity contribution in [3.63, 3.8) is 0 Å². The average molecular weight is 387 g/mol. The Kier molecular flexibility index (Phi) is 5.89. The van der Waals surface area contributed by atoms with E-state index in [4.69, 9.17) is 4.74 Å². The minimum absolute atomic E-state index is 0.0674. The number of azo groups is 2. The third-order valence-corrected chi connectivity index (χ3v) is 4.78. The molecular weight excluding hydrogens is 364 g/mol. The first-order valence-electron chi connectivity index (χ1n) is 9.23. The van der Waals surface area contributed by atoms with Crippen molar-refractivity contribution in [3.05, 3.63) is 87.2 Å². The minimum Gasteiger partial charge on any atom is -0.480 e. The maximum Gasteiger partial charge on any atom is 0.271 e. The lowest BCUT2D eigenvalue weighted by molar-refractivity contribution is -0.476. The van der Waals surface area contributed by atoms with Crippen LogP contribution in [0.4, 0.5) is 11.4 Å². The van der Waals surface area contributed by atoms with E-state index in [1.807, 2.05) is 74.6 Å². The molecule has 146 valence electrons. The highest BCUT2D eigenvalue weighted by Crippen LogP contribution is 2.33. The van der Waals surface area contributed by atoms with Gasteiger partial charge in [-0.25, -0.2) is 0 Å². The maximum atomic E-state index is 13.0. The molecule has 6 heteroatoms. The van der Waals surface area contributed by atoms with Gasteiger partial charge < -0.3 is 4.74 Å². The summed E-state index contributed by atoms with van der Waals surface area (Å²) in [6.45, 7) is 4.03. The van der Waals surface area contributed by atoms with Crippen molar-refractivity contribution in [2.75, 3.05) is 14.2 Å². The minimum atomic E-state index is -0.386. The second-order valence-corrected chi connectivity index (χ2v) is 6.81. The summed E-state index contributed by atoms with van der Waals surface area (Å²) in [5.41, 5.74) is 3.61. The van der Waals surface area contributed by atoms with Gasteiger partial charge in [0.05, 0.1) is 13.7 Å². The fourth-order valence-corrected chi connectivity index (χ4v) is 3.13. The second-order valence-electron chi connectivity index (χ2n) is 6.81. The molecule has 3 rings (SSSR count). The molecule has 0 unspecified atom stereocenters. The van der Waals surface area contributed by atoms with Gasteiger partial charge in [-0.1, -0.05) is 52.7 Å². The number of hydrogen-bond acceptors (Lipinski definition) is 4. The topological polar surface area (TPSA) is 70.4 Å². The summed E-state index contributed by atoms with van der Waals surface area (Å²) in [6.07, 6.45) is 0. The van der Waals surface area contributed by atoms with Crippen molar-refractivity contribution in [2.24, 2.45) is 5.11 Å². The molecule has 0 spiro atoms. The Balaban J connectivity index is 2.22. The highest BCUT2D eigenvalue weighted by Gasteiger charge is 2.23. The molecule has 0 N–H and O–H groups in total. The Morgan fingerprint density at radius 2 is 1.76 bits per heavy atom. The summed E-state index contributed by atoms with van der Waals surface area (Å²) in [5.74, 6) is 0.328. The van der Waals surface area contributed by atoms with Crippen LogP contribution in [-0.2, 0) is 6.54 Å². The lowest BCUT2D eigenvalue weighted by Gasteiger charge is -2.15. The lowest BCUT2D eigenvalue weighted by Crippen LogP contribution is -2.26. The molecule has 0 saturated carbocycles. The molecule has 0 amide bonds. The Bertz CT molecular complexity index is 1150. The van der Waals surface area contributed by atoms with Gasteiger partial charge in [-0.05, 0) is 19.4 Å². The fourth-order valence-electron chi connectivity index (χ4n) is 3.13. The summed E-state index contributed by atoms with van der Waals surface area (Å²) in [5, 5.41) is 14.3. The molecule has 0 aliphatic rings. The van der Waals surface area contributed by atoms with Gasteiger partial charge in [0, 0.05) is 22.8 Å². The Hall–Kier alpha value is -3.72. The molecule has 0 saturated heterocycles. The van der Waals surface area contributed by atoms with E-state index in [1.54, 1.807) is 11.6 Å². The van der Waals surface area contributed by atoms with E-state index in [9.17, 15) is 10.1 Å². The van der Waals surface area contributed by atoms with Gasteiger partial charge in [-0.2, -0.15) is 5.26 Å². The SMILES string of the molecule is COc1c(N=[N+](C)c2ccc(C)cc2)c(C)c(C#N)c(=O)n1Cc1ccccc1. The van der Waals surface area contributed by atoms with Crippen molar-refractivity contribution < 1.29 is 9.43 Å². The number of aryl methyl sites for hydroxylation is 1. The van der Waals surface area contributed by atoms with Gasteiger partial charge in [0.2, 0.25) is 11.6 Å². The van der Waals surface area contributed by atoms with Crippen LogP contribution < -0.4 is 10.3 Å². The zero-order chi connectivity index (χ0) is 21.0. The lowest BCUT2D eigenvalue weighted by atomic mass is 10.1. The molecule has 1 aromatic heterocycles. The number of pyridine rings is 1. The van der Waals surface area contributed by atoms with Crippen molar-refractivity contribution in [1.29, 1.82) is 5.26 Å². The van der Waals surface area contributed by atoms with Gasteiger partial charge in [-0.3, -0.25) is 9.36 Å². The zero-order valence-corrected chi connectivity index (χ0v) is 17.0. The van der Waals surface area contributed by atoms with Crippen LogP contribution in [0.5, 0.6) is 5.88 Å². The number of nitriles is 1.